The Labute approximate surface area is 304 Å². The second-order valence-electron chi connectivity index (χ2n) is 12.5. The smallest absolute Gasteiger partial charge is 0.348 e. The van der Waals surface area contributed by atoms with E-state index in [9.17, 15) is 39.0 Å². The van der Waals surface area contributed by atoms with Crippen molar-refractivity contribution in [2.75, 3.05) is 0 Å². The van der Waals surface area contributed by atoms with Crippen LogP contribution in [0.4, 0.5) is 0 Å². The molecular weight excluding hydrogens is 700 g/mol. The van der Waals surface area contributed by atoms with Crippen LogP contribution in [0.2, 0.25) is 0 Å². The van der Waals surface area contributed by atoms with Gasteiger partial charge in [0.05, 0.1) is 0 Å². The number of carbonyl (C=O) groups excluding carboxylic acids is 6. The molecule has 16 nitrogen and oxygen atoms in total. The van der Waals surface area contributed by atoms with E-state index in [0.29, 0.717) is 12.0 Å². The number of hydrogen-bond donors (Lipinski definition) is 2. The fourth-order valence-corrected chi connectivity index (χ4v) is 5.12. The zero-order chi connectivity index (χ0) is 39.0. The Balaban J connectivity index is 1.31. The average Bonchev–Trinajstić information content (AvgIpc) is 3.09. The van der Waals surface area contributed by atoms with Crippen molar-refractivity contribution in [1.29, 1.82) is 0 Å². The lowest BCUT2D eigenvalue weighted by Crippen LogP contribution is -2.56. The average molecular weight is 741 g/mol. The third kappa shape index (κ3) is 9.44. The molecule has 0 aromatic rings. The van der Waals surface area contributed by atoms with Gasteiger partial charge in [-0.1, -0.05) is 56.4 Å². The summed E-state index contributed by atoms with van der Waals surface area (Å²) in [5.41, 5.74) is -0.706. The maximum absolute atomic E-state index is 12.8. The summed E-state index contributed by atoms with van der Waals surface area (Å²) < 4.78 is 42.6. The molecule has 2 N–H and O–H groups in total. The zero-order valence-corrected chi connectivity index (χ0v) is 29.7. The van der Waals surface area contributed by atoms with Crippen LogP contribution in [0.15, 0.2) is 94.9 Å². The Kier molecular flexibility index (Phi) is 12.1. The number of aliphatic hydroxyl groups excluding tert-OH is 2. The minimum atomic E-state index is -1.66. The number of allylic oxidation sites excluding steroid dienone is 10. The normalized spacial score (nSPS) is 28.0. The molecule has 3 aliphatic heterocycles. The Hall–Kier alpha value is -6.06. The minimum absolute atomic E-state index is 0.126. The van der Waals surface area contributed by atoms with Gasteiger partial charge in [-0.25, -0.2) is 24.0 Å². The van der Waals surface area contributed by atoms with Gasteiger partial charge >= 0.3 is 29.8 Å². The van der Waals surface area contributed by atoms with Gasteiger partial charge in [-0.2, -0.15) is 0 Å². The third-order valence-corrected chi connectivity index (χ3v) is 8.65. The Morgan fingerprint density at radius 2 is 1.25 bits per heavy atom. The van der Waals surface area contributed by atoms with Crippen LogP contribution in [0.3, 0.4) is 0 Å². The van der Waals surface area contributed by atoms with E-state index < -0.39 is 70.5 Å². The first kappa shape index (κ1) is 39.7. The highest BCUT2D eigenvalue weighted by Crippen LogP contribution is 2.45. The zero-order valence-electron chi connectivity index (χ0n) is 29.7. The quantitative estimate of drug-likeness (QED) is 0.0401. The van der Waals surface area contributed by atoms with E-state index in [1.54, 1.807) is 20.8 Å². The summed E-state index contributed by atoms with van der Waals surface area (Å²) in [5.74, 6) is -11.6. The standard InChI is InChI=1S/C37H40O16/c1-6-34(4,46-22-38)47-27(39)23(3)14-10-8-11-16-25-30(42)50-36(51-31(25)43)18-20-37(21-19-36)52-32(44)26(33(45)53-37)17-13-9-12-15-24-28(40)48-35(5,7-2)49-29(24)41/h8-17,22,39-40H,6-7,18-21H2,1-5H3/b11-8+,13-9+,14-10+,15-12+,25-16?,26-17?,27-23+. The molecule has 0 aromatic carbocycles. The first-order chi connectivity index (χ1) is 25.0. The molecule has 53 heavy (non-hydrogen) atoms. The number of hydrogen-bond acceptors (Lipinski definition) is 16. The summed E-state index contributed by atoms with van der Waals surface area (Å²) in [7, 11) is 0. The molecule has 0 amide bonds. The SMILES string of the molecule is CCC1(C)OC(=O)C(/C=C/C=C/C=C2C(=O)OC3(CCC4(CC3)OC(=O)C(=C/C=C/C=C/C(C)=C(\O)OC(C)(CC)OC=O)C(=O)O4)OC2=O)=C(O)O1. The van der Waals surface area contributed by atoms with Gasteiger partial charge in [-0.05, 0) is 25.2 Å². The maximum Gasteiger partial charge on any atom is 0.348 e. The summed E-state index contributed by atoms with van der Waals surface area (Å²) in [4.78, 5) is 74.1. The van der Waals surface area contributed by atoms with Crippen molar-refractivity contribution < 1.29 is 76.9 Å². The van der Waals surface area contributed by atoms with E-state index in [1.807, 2.05) is 0 Å². The van der Waals surface area contributed by atoms with E-state index in [0.717, 1.165) is 6.08 Å². The molecule has 0 bridgehead atoms. The molecule has 0 radical (unpaired) electrons. The van der Waals surface area contributed by atoms with Crippen LogP contribution in [0.25, 0.3) is 0 Å². The molecule has 16 heteroatoms. The fourth-order valence-electron chi connectivity index (χ4n) is 5.12. The van der Waals surface area contributed by atoms with Crippen molar-refractivity contribution in [2.24, 2.45) is 0 Å². The van der Waals surface area contributed by atoms with E-state index in [2.05, 4.69) is 0 Å². The van der Waals surface area contributed by atoms with Crippen LogP contribution in [0.1, 0.15) is 73.1 Å². The van der Waals surface area contributed by atoms with Gasteiger partial charge in [0.15, 0.2) is 0 Å². The van der Waals surface area contributed by atoms with E-state index in [-0.39, 0.29) is 49.7 Å². The molecule has 4 rings (SSSR count). The van der Waals surface area contributed by atoms with E-state index in [1.165, 1.54) is 68.5 Å². The lowest BCUT2D eigenvalue weighted by Gasteiger charge is -2.45. The highest BCUT2D eigenvalue weighted by molar-refractivity contribution is 6.16. The van der Waals surface area contributed by atoms with Crippen molar-refractivity contribution in [2.45, 2.75) is 96.3 Å². The van der Waals surface area contributed by atoms with Gasteiger partial charge in [0.25, 0.3) is 41.5 Å². The summed E-state index contributed by atoms with van der Waals surface area (Å²) in [6.07, 6.45) is 13.5. The summed E-state index contributed by atoms with van der Waals surface area (Å²) in [6, 6.07) is 0. The third-order valence-electron chi connectivity index (χ3n) is 8.65. The largest absolute Gasteiger partial charge is 0.481 e. The molecule has 1 saturated carbocycles. The number of cyclic esters (lactones) is 1. The van der Waals surface area contributed by atoms with Crippen LogP contribution in [0, 0.1) is 0 Å². The van der Waals surface area contributed by atoms with Crippen LogP contribution >= 0.6 is 0 Å². The van der Waals surface area contributed by atoms with E-state index in [4.69, 9.17) is 37.9 Å². The molecular formula is C37H40O16. The molecule has 1 aliphatic carbocycles. The van der Waals surface area contributed by atoms with Gasteiger partial charge in [-0.3, -0.25) is 4.79 Å². The summed E-state index contributed by atoms with van der Waals surface area (Å²) >= 11 is 0. The molecule has 2 atom stereocenters. The molecule has 3 fully saturated rings. The first-order valence-corrected chi connectivity index (χ1v) is 16.6. The van der Waals surface area contributed by atoms with Gasteiger partial charge in [0.2, 0.25) is 0 Å². The van der Waals surface area contributed by atoms with Crippen molar-refractivity contribution in [3.8, 4) is 0 Å². The second kappa shape index (κ2) is 16.1. The minimum Gasteiger partial charge on any atom is -0.481 e. The second-order valence-corrected chi connectivity index (χ2v) is 12.5. The number of carbonyl (C=O) groups is 6. The lowest BCUT2D eigenvalue weighted by atomic mass is 9.87. The summed E-state index contributed by atoms with van der Waals surface area (Å²) in [6.45, 7) is 8.19. The predicted octanol–water partition coefficient (Wildman–Crippen LogP) is 4.81. The van der Waals surface area contributed by atoms with Crippen LogP contribution in [0.5, 0.6) is 0 Å². The molecule has 2 spiro atoms. The molecule has 0 aromatic heterocycles. The van der Waals surface area contributed by atoms with E-state index >= 15 is 0 Å². The van der Waals surface area contributed by atoms with Gasteiger partial charge in [-0.15, -0.1) is 0 Å². The highest BCUT2D eigenvalue weighted by atomic mass is 16.8. The number of rotatable bonds is 12. The molecule has 2 unspecified atom stereocenters. The monoisotopic (exact) mass is 740 g/mol. The topological polar surface area (TPSA) is 217 Å². The maximum atomic E-state index is 12.8. The number of esters is 5. The molecule has 3 heterocycles. The Morgan fingerprint density at radius 3 is 1.68 bits per heavy atom. The number of ether oxygens (including phenoxy) is 8. The highest BCUT2D eigenvalue weighted by Gasteiger charge is 2.56. The first-order valence-electron chi connectivity index (χ1n) is 16.6. The van der Waals surface area contributed by atoms with Gasteiger partial charge in [0, 0.05) is 57.9 Å². The lowest BCUT2D eigenvalue weighted by molar-refractivity contribution is -0.291. The molecule has 4 aliphatic rings. The summed E-state index contributed by atoms with van der Waals surface area (Å²) in [5, 5.41) is 20.2. The van der Waals surface area contributed by atoms with Crippen LogP contribution in [-0.2, 0) is 66.7 Å². The fraction of sp³-hybridized carbons (Fsp3) is 0.405. The van der Waals surface area contributed by atoms with Crippen molar-refractivity contribution in [3.05, 3.63) is 94.9 Å². The van der Waals surface area contributed by atoms with Crippen LogP contribution in [-0.4, -0.2) is 69.7 Å². The van der Waals surface area contributed by atoms with Crippen molar-refractivity contribution in [1.82, 2.24) is 0 Å². The van der Waals surface area contributed by atoms with Gasteiger partial charge < -0.3 is 48.1 Å². The van der Waals surface area contributed by atoms with Gasteiger partial charge in [0.1, 0.15) is 16.7 Å². The van der Waals surface area contributed by atoms with Crippen molar-refractivity contribution in [3.63, 3.8) is 0 Å². The number of aliphatic hydroxyl groups is 2. The molecule has 2 saturated heterocycles. The van der Waals surface area contributed by atoms with Crippen LogP contribution < -0.4 is 0 Å². The predicted molar refractivity (Wildman–Crippen MR) is 179 cm³/mol. The Morgan fingerprint density at radius 1 is 0.755 bits per heavy atom. The Bertz CT molecular complexity index is 1730. The molecule has 284 valence electrons. The van der Waals surface area contributed by atoms with Crippen molar-refractivity contribution >= 4 is 36.3 Å².